The van der Waals surface area contributed by atoms with Gasteiger partial charge in [0.1, 0.15) is 0 Å². The number of carbonyl (C=O) groups excluding carboxylic acids is 1. The lowest BCUT2D eigenvalue weighted by Crippen LogP contribution is -2.44. The van der Waals surface area contributed by atoms with Crippen molar-refractivity contribution in [2.24, 2.45) is 7.05 Å². The molecule has 7 nitrogen and oxygen atoms in total. The minimum absolute atomic E-state index is 0.112. The number of nitrogens with zero attached hydrogens (tertiary/aromatic N) is 5. The molecule has 1 fully saturated rings. The van der Waals surface area contributed by atoms with Gasteiger partial charge in [0.25, 0.3) is 0 Å². The number of rotatable bonds is 3. The lowest BCUT2D eigenvalue weighted by molar-refractivity contribution is -0.134. The summed E-state index contributed by atoms with van der Waals surface area (Å²) in [6.07, 6.45) is 0. The van der Waals surface area contributed by atoms with Gasteiger partial charge < -0.3 is 9.64 Å². The number of ether oxygens (including phenoxy) is 1. The molecule has 2 heterocycles. The van der Waals surface area contributed by atoms with Gasteiger partial charge in [-0.25, -0.2) is 4.68 Å². The molecule has 8 heteroatoms. The normalized spacial score (nSPS) is 18.1. The molecule has 0 saturated carbocycles. The minimum atomic E-state index is -0.183. The maximum Gasteiger partial charge on any atom is 0.236 e. The van der Waals surface area contributed by atoms with Gasteiger partial charge in [-0.05, 0) is 17.4 Å². The van der Waals surface area contributed by atoms with Crippen LogP contribution in [0.3, 0.4) is 0 Å². The molecule has 0 aliphatic carbocycles. The van der Waals surface area contributed by atoms with E-state index in [1.807, 2.05) is 11.8 Å². The van der Waals surface area contributed by atoms with Crippen molar-refractivity contribution in [3.05, 3.63) is 0 Å². The fraction of sp³-hybridized carbons (Fsp3) is 0.778. The van der Waals surface area contributed by atoms with Gasteiger partial charge in [0.05, 0.1) is 18.5 Å². The van der Waals surface area contributed by atoms with Crippen LogP contribution < -0.4 is 0 Å². The van der Waals surface area contributed by atoms with Crippen LogP contribution in [0, 0.1) is 0 Å². The van der Waals surface area contributed by atoms with E-state index in [2.05, 4.69) is 15.5 Å². The van der Waals surface area contributed by atoms with Gasteiger partial charge in [-0.1, -0.05) is 11.8 Å². The molecular formula is C9H15N5O2S. The number of thioether (sulfide) groups is 1. The highest BCUT2D eigenvalue weighted by molar-refractivity contribution is 8.00. The Balaban J connectivity index is 1.93. The van der Waals surface area contributed by atoms with Crippen molar-refractivity contribution in [2.75, 3.05) is 26.3 Å². The molecular weight excluding hydrogens is 242 g/mol. The number of aromatic nitrogens is 4. The zero-order valence-corrected chi connectivity index (χ0v) is 10.7. The molecule has 0 radical (unpaired) electrons. The zero-order chi connectivity index (χ0) is 12.3. The van der Waals surface area contributed by atoms with Crippen molar-refractivity contribution in [3.8, 4) is 0 Å². The van der Waals surface area contributed by atoms with Gasteiger partial charge in [-0.2, -0.15) is 0 Å². The highest BCUT2D eigenvalue weighted by atomic mass is 32.2. The summed E-state index contributed by atoms with van der Waals surface area (Å²) >= 11 is 1.37. The van der Waals surface area contributed by atoms with Crippen LogP contribution in [0.2, 0.25) is 0 Å². The highest BCUT2D eigenvalue weighted by Gasteiger charge is 2.24. The standard InChI is InChI=1S/C9H15N5O2S/c1-7(17-9-10-11-12-13(9)2)8(15)14-3-5-16-6-4-14/h7H,3-6H2,1-2H3. The predicted molar refractivity (Wildman–Crippen MR) is 61.5 cm³/mol. The van der Waals surface area contributed by atoms with Crippen molar-refractivity contribution in [3.63, 3.8) is 0 Å². The fourth-order valence-electron chi connectivity index (χ4n) is 1.57. The molecule has 17 heavy (non-hydrogen) atoms. The van der Waals surface area contributed by atoms with Crippen molar-refractivity contribution in [1.82, 2.24) is 25.1 Å². The average molecular weight is 257 g/mol. The molecule has 1 amide bonds. The number of carbonyl (C=O) groups is 1. The van der Waals surface area contributed by atoms with E-state index in [0.29, 0.717) is 31.5 Å². The number of morpholine rings is 1. The van der Waals surface area contributed by atoms with Gasteiger partial charge in [0.15, 0.2) is 0 Å². The van der Waals surface area contributed by atoms with E-state index in [1.54, 1.807) is 11.7 Å². The Morgan fingerprint density at radius 1 is 1.47 bits per heavy atom. The summed E-state index contributed by atoms with van der Waals surface area (Å²) in [5.74, 6) is 0.112. The largest absolute Gasteiger partial charge is 0.378 e. The second-order valence-electron chi connectivity index (χ2n) is 3.78. The first-order valence-electron chi connectivity index (χ1n) is 5.44. The monoisotopic (exact) mass is 257 g/mol. The third-order valence-electron chi connectivity index (χ3n) is 2.53. The molecule has 1 aliphatic rings. The summed E-state index contributed by atoms with van der Waals surface area (Å²) in [6, 6.07) is 0. The molecule has 0 N–H and O–H groups in total. The van der Waals surface area contributed by atoms with Crippen LogP contribution in [0.5, 0.6) is 0 Å². The van der Waals surface area contributed by atoms with Gasteiger partial charge >= 0.3 is 0 Å². The van der Waals surface area contributed by atoms with E-state index in [0.717, 1.165) is 0 Å². The second kappa shape index (κ2) is 5.46. The zero-order valence-electron chi connectivity index (χ0n) is 9.87. The summed E-state index contributed by atoms with van der Waals surface area (Å²) in [5.41, 5.74) is 0. The van der Waals surface area contributed by atoms with Crippen LogP contribution >= 0.6 is 11.8 Å². The topological polar surface area (TPSA) is 73.1 Å². The van der Waals surface area contributed by atoms with Crippen LogP contribution in [0.25, 0.3) is 0 Å². The molecule has 0 bridgehead atoms. The first-order valence-corrected chi connectivity index (χ1v) is 6.32. The van der Waals surface area contributed by atoms with Gasteiger partial charge in [0.2, 0.25) is 11.1 Å². The van der Waals surface area contributed by atoms with Crippen molar-refractivity contribution in [2.45, 2.75) is 17.3 Å². The molecule has 94 valence electrons. The van der Waals surface area contributed by atoms with Crippen molar-refractivity contribution < 1.29 is 9.53 Å². The summed E-state index contributed by atoms with van der Waals surface area (Å²) in [7, 11) is 1.76. The van der Waals surface area contributed by atoms with E-state index in [9.17, 15) is 4.79 Å². The van der Waals surface area contributed by atoms with Crippen LogP contribution in [-0.2, 0) is 16.6 Å². The van der Waals surface area contributed by atoms with Gasteiger partial charge in [-0.15, -0.1) is 5.10 Å². The SMILES string of the molecule is CC(Sc1nnnn1C)C(=O)N1CCOCC1. The molecule has 1 aromatic heterocycles. The number of hydrogen-bond acceptors (Lipinski definition) is 6. The van der Waals surface area contributed by atoms with E-state index < -0.39 is 0 Å². The van der Waals surface area contributed by atoms with E-state index >= 15 is 0 Å². The number of aryl methyl sites for hydroxylation is 1. The highest BCUT2D eigenvalue weighted by Crippen LogP contribution is 2.21. The van der Waals surface area contributed by atoms with Crippen LogP contribution in [-0.4, -0.2) is 62.6 Å². The Hall–Kier alpha value is -1.15. The van der Waals surface area contributed by atoms with Gasteiger partial charge in [0, 0.05) is 20.1 Å². The van der Waals surface area contributed by atoms with Crippen LogP contribution in [0.1, 0.15) is 6.92 Å². The van der Waals surface area contributed by atoms with Crippen LogP contribution in [0.4, 0.5) is 0 Å². The Kier molecular flexibility index (Phi) is 3.95. The van der Waals surface area contributed by atoms with Gasteiger partial charge in [-0.3, -0.25) is 4.79 Å². The summed E-state index contributed by atoms with van der Waals surface area (Å²) in [6.45, 7) is 4.45. The first-order chi connectivity index (χ1) is 8.18. The molecule has 0 aromatic carbocycles. The quantitative estimate of drug-likeness (QED) is 0.683. The number of tetrazole rings is 1. The second-order valence-corrected chi connectivity index (χ2v) is 5.09. The van der Waals surface area contributed by atoms with Crippen molar-refractivity contribution >= 4 is 17.7 Å². The Morgan fingerprint density at radius 3 is 2.76 bits per heavy atom. The Labute approximate surface area is 103 Å². The smallest absolute Gasteiger partial charge is 0.236 e. The summed E-state index contributed by atoms with van der Waals surface area (Å²) in [5, 5.41) is 11.6. The molecule has 1 aliphatic heterocycles. The molecule has 1 aromatic rings. The van der Waals surface area contributed by atoms with E-state index in [-0.39, 0.29) is 11.2 Å². The third kappa shape index (κ3) is 2.95. The lowest BCUT2D eigenvalue weighted by Gasteiger charge is -2.28. The molecule has 1 saturated heterocycles. The van der Waals surface area contributed by atoms with E-state index in [4.69, 9.17) is 4.74 Å². The predicted octanol–water partition coefficient (Wildman–Crippen LogP) is -0.451. The number of amides is 1. The minimum Gasteiger partial charge on any atom is -0.378 e. The fourth-order valence-corrected chi connectivity index (χ4v) is 2.41. The average Bonchev–Trinajstić information content (AvgIpc) is 2.75. The first kappa shape index (κ1) is 12.3. The maximum atomic E-state index is 12.1. The summed E-state index contributed by atoms with van der Waals surface area (Å²) in [4.78, 5) is 13.9. The summed E-state index contributed by atoms with van der Waals surface area (Å²) < 4.78 is 6.78. The number of hydrogen-bond donors (Lipinski definition) is 0. The van der Waals surface area contributed by atoms with Crippen LogP contribution in [0.15, 0.2) is 5.16 Å². The van der Waals surface area contributed by atoms with Crippen molar-refractivity contribution in [1.29, 1.82) is 0 Å². The Bertz CT molecular complexity index is 390. The maximum absolute atomic E-state index is 12.1. The Morgan fingerprint density at radius 2 is 2.18 bits per heavy atom. The lowest BCUT2D eigenvalue weighted by atomic mass is 10.3. The van der Waals surface area contributed by atoms with E-state index in [1.165, 1.54) is 11.8 Å². The molecule has 2 rings (SSSR count). The molecule has 1 atom stereocenters. The molecule has 0 spiro atoms. The third-order valence-corrected chi connectivity index (χ3v) is 3.65. The molecule has 1 unspecified atom stereocenters.